The lowest BCUT2D eigenvalue weighted by atomic mass is 9.81. The SMILES string of the molecule is C=C(/C(C)=C/C=C1\CCCC1C(C)C)C1CCCCC1. The quantitative estimate of drug-likeness (QED) is 0.516. The molecule has 0 spiro atoms. The number of hydrogen-bond donors (Lipinski definition) is 0. The van der Waals surface area contributed by atoms with E-state index in [0.717, 1.165) is 17.8 Å². The first-order valence-corrected chi connectivity index (χ1v) is 8.66. The van der Waals surface area contributed by atoms with Gasteiger partial charge in [-0.05, 0) is 67.9 Å². The van der Waals surface area contributed by atoms with E-state index in [0.29, 0.717) is 0 Å². The van der Waals surface area contributed by atoms with E-state index in [1.54, 1.807) is 5.57 Å². The molecule has 2 aliphatic carbocycles. The molecule has 0 aromatic rings. The summed E-state index contributed by atoms with van der Waals surface area (Å²) in [5.41, 5.74) is 4.50. The van der Waals surface area contributed by atoms with Gasteiger partial charge in [0.05, 0.1) is 0 Å². The Balaban J connectivity index is 2.00. The van der Waals surface area contributed by atoms with E-state index in [4.69, 9.17) is 0 Å². The number of hydrogen-bond acceptors (Lipinski definition) is 0. The fraction of sp³-hybridized carbons (Fsp3) is 0.700. The second kappa shape index (κ2) is 7.29. The molecule has 0 radical (unpaired) electrons. The van der Waals surface area contributed by atoms with Gasteiger partial charge in [-0.25, -0.2) is 0 Å². The van der Waals surface area contributed by atoms with E-state index < -0.39 is 0 Å². The Morgan fingerprint density at radius 2 is 1.80 bits per heavy atom. The van der Waals surface area contributed by atoms with Crippen LogP contribution < -0.4 is 0 Å². The highest BCUT2D eigenvalue weighted by Crippen LogP contribution is 2.37. The largest absolute Gasteiger partial charge is 0.0953 e. The minimum absolute atomic E-state index is 0.753. The molecule has 112 valence electrons. The third kappa shape index (κ3) is 3.87. The molecule has 1 unspecified atom stereocenters. The van der Waals surface area contributed by atoms with Crippen LogP contribution in [0.3, 0.4) is 0 Å². The molecule has 2 fully saturated rings. The van der Waals surface area contributed by atoms with Crippen LogP contribution >= 0.6 is 0 Å². The first-order valence-electron chi connectivity index (χ1n) is 8.66. The minimum atomic E-state index is 0.753. The first-order chi connectivity index (χ1) is 9.59. The predicted octanol–water partition coefficient (Wildman–Crippen LogP) is 6.45. The van der Waals surface area contributed by atoms with Gasteiger partial charge in [0.1, 0.15) is 0 Å². The van der Waals surface area contributed by atoms with Crippen LogP contribution in [-0.2, 0) is 0 Å². The average molecular weight is 272 g/mol. The second-order valence-corrected chi connectivity index (χ2v) is 7.19. The van der Waals surface area contributed by atoms with Crippen molar-refractivity contribution in [2.75, 3.05) is 0 Å². The molecule has 2 saturated carbocycles. The monoisotopic (exact) mass is 272 g/mol. The number of rotatable bonds is 4. The van der Waals surface area contributed by atoms with Crippen molar-refractivity contribution in [3.63, 3.8) is 0 Å². The molecule has 2 aliphatic rings. The Kier molecular flexibility index (Phi) is 5.69. The van der Waals surface area contributed by atoms with Gasteiger partial charge in [-0.15, -0.1) is 0 Å². The van der Waals surface area contributed by atoms with Gasteiger partial charge >= 0.3 is 0 Å². The maximum atomic E-state index is 4.38. The summed E-state index contributed by atoms with van der Waals surface area (Å²) in [5.74, 6) is 2.36. The third-order valence-corrected chi connectivity index (χ3v) is 5.41. The fourth-order valence-electron chi connectivity index (χ4n) is 3.98. The first kappa shape index (κ1) is 15.6. The maximum absolute atomic E-state index is 4.38. The molecule has 0 nitrogen and oxygen atoms in total. The summed E-state index contributed by atoms with van der Waals surface area (Å²) in [4.78, 5) is 0. The van der Waals surface area contributed by atoms with Crippen LogP contribution in [0.4, 0.5) is 0 Å². The summed E-state index contributed by atoms with van der Waals surface area (Å²) in [7, 11) is 0. The van der Waals surface area contributed by atoms with E-state index in [2.05, 4.69) is 39.5 Å². The smallest absolute Gasteiger partial charge is 0.0165 e. The summed E-state index contributed by atoms with van der Waals surface area (Å²) in [6.45, 7) is 11.4. The molecule has 0 heterocycles. The van der Waals surface area contributed by atoms with E-state index in [1.165, 1.54) is 62.5 Å². The Labute approximate surface area is 126 Å². The second-order valence-electron chi connectivity index (χ2n) is 7.19. The van der Waals surface area contributed by atoms with Crippen molar-refractivity contribution in [2.45, 2.75) is 72.1 Å². The Morgan fingerprint density at radius 1 is 1.10 bits per heavy atom. The number of allylic oxidation sites excluding steroid dienone is 5. The van der Waals surface area contributed by atoms with Gasteiger partial charge in [0.15, 0.2) is 0 Å². The lowest BCUT2D eigenvalue weighted by molar-refractivity contribution is 0.406. The Bertz CT molecular complexity index is 388. The fourth-order valence-corrected chi connectivity index (χ4v) is 3.98. The third-order valence-electron chi connectivity index (χ3n) is 5.41. The van der Waals surface area contributed by atoms with Crippen LogP contribution in [0.1, 0.15) is 72.1 Å². The molecule has 0 saturated heterocycles. The van der Waals surface area contributed by atoms with Crippen LogP contribution in [0.25, 0.3) is 0 Å². The Hall–Kier alpha value is -0.780. The summed E-state index contributed by atoms with van der Waals surface area (Å²) in [6.07, 6.45) is 15.8. The van der Waals surface area contributed by atoms with E-state index in [-0.39, 0.29) is 0 Å². The highest BCUT2D eigenvalue weighted by molar-refractivity contribution is 5.33. The van der Waals surface area contributed by atoms with Gasteiger partial charge in [0, 0.05) is 0 Å². The highest BCUT2D eigenvalue weighted by Gasteiger charge is 2.23. The lowest BCUT2D eigenvalue weighted by Crippen LogP contribution is -2.09. The van der Waals surface area contributed by atoms with Crippen LogP contribution in [0.2, 0.25) is 0 Å². The lowest BCUT2D eigenvalue weighted by Gasteiger charge is -2.24. The van der Waals surface area contributed by atoms with Crippen LogP contribution in [0.5, 0.6) is 0 Å². The van der Waals surface area contributed by atoms with Crippen molar-refractivity contribution in [2.24, 2.45) is 17.8 Å². The van der Waals surface area contributed by atoms with E-state index in [9.17, 15) is 0 Å². The molecule has 0 amide bonds. The van der Waals surface area contributed by atoms with Gasteiger partial charge in [-0.3, -0.25) is 0 Å². The van der Waals surface area contributed by atoms with Gasteiger partial charge in [0.25, 0.3) is 0 Å². The molecule has 0 bridgehead atoms. The molecule has 0 aromatic heterocycles. The van der Waals surface area contributed by atoms with Crippen molar-refractivity contribution in [3.8, 4) is 0 Å². The zero-order chi connectivity index (χ0) is 14.5. The van der Waals surface area contributed by atoms with E-state index in [1.807, 2.05) is 0 Å². The van der Waals surface area contributed by atoms with Gasteiger partial charge in [-0.1, -0.05) is 57.4 Å². The topological polar surface area (TPSA) is 0 Å². The molecular formula is C20H32. The van der Waals surface area contributed by atoms with Crippen molar-refractivity contribution < 1.29 is 0 Å². The zero-order valence-corrected chi connectivity index (χ0v) is 13.8. The summed E-state index contributed by atoms with van der Waals surface area (Å²) in [5, 5.41) is 0. The van der Waals surface area contributed by atoms with E-state index >= 15 is 0 Å². The molecule has 1 atom stereocenters. The van der Waals surface area contributed by atoms with Crippen molar-refractivity contribution in [1.29, 1.82) is 0 Å². The molecule has 0 N–H and O–H groups in total. The van der Waals surface area contributed by atoms with Crippen LogP contribution in [0.15, 0.2) is 35.5 Å². The van der Waals surface area contributed by atoms with Gasteiger partial charge < -0.3 is 0 Å². The van der Waals surface area contributed by atoms with Crippen molar-refractivity contribution in [1.82, 2.24) is 0 Å². The van der Waals surface area contributed by atoms with Crippen molar-refractivity contribution >= 4 is 0 Å². The standard InChI is InChI=1S/C20H32/c1-15(2)20-12-8-11-19(20)14-13-16(3)17(4)18-9-6-5-7-10-18/h13-15,18,20H,4-12H2,1-3H3/b16-13+,19-14+. The van der Waals surface area contributed by atoms with Gasteiger partial charge in [-0.2, -0.15) is 0 Å². The molecule has 0 aliphatic heterocycles. The minimum Gasteiger partial charge on any atom is -0.0953 e. The molecular weight excluding hydrogens is 240 g/mol. The Morgan fingerprint density at radius 3 is 2.45 bits per heavy atom. The molecule has 0 aromatic carbocycles. The average Bonchev–Trinajstić information content (AvgIpc) is 2.93. The predicted molar refractivity (Wildman–Crippen MR) is 89.7 cm³/mol. The van der Waals surface area contributed by atoms with Crippen molar-refractivity contribution in [3.05, 3.63) is 35.5 Å². The zero-order valence-electron chi connectivity index (χ0n) is 13.8. The summed E-state index contributed by atoms with van der Waals surface area (Å²) < 4.78 is 0. The maximum Gasteiger partial charge on any atom is -0.0165 e. The molecule has 20 heavy (non-hydrogen) atoms. The molecule has 0 heteroatoms. The van der Waals surface area contributed by atoms with Crippen LogP contribution in [-0.4, -0.2) is 0 Å². The molecule has 2 rings (SSSR count). The summed E-state index contributed by atoms with van der Waals surface area (Å²) >= 11 is 0. The highest BCUT2D eigenvalue weighted by atomic mass is 14.3. The normalized spacial score (nSPS) is 27.5. The van der Waals surface area contributed by atoms with Crippen LogP contribution in [0, 0.1) is 17.8 Å². The van der Waals surface area contributed by atoms with Gasteiger partial charge in [0.2, 0.25) is 0 Å². The summed E-state index contributed by atoms with van der Waals surface area (Å²) in [6, 6.07) is 0.